The van der Waals surface area contributed by atoms with Gasteiger partial charge in [-0.3, -0.25) is 4.90 Å². The lowest BCUT2D eigenvalue weighted by Crippen LogP contribution is -2.40. The predicted molar refractivity (Wildman–Crippen MR) is 52.4 cm³/mol. The van der Waals surface area contributed by atoms with E-state index in [4.69, 9.17) is 4.74 Å². The second kappa shape index (κ2) is 2.88. The summed E-state index contributed by atoms with van der Waals surface area (Å²) in [6.07, 6.45) is 0.673. The molecular weight excluding hydrogens is 180 g/mol. The number of rotatable bonds is 0. The van der Waals surface area contributed by atoms with Crippen LogP contribution in [0.3, 0.4) is 0 Å². The summed E-state index contributed by atoms with van der Waals surface area (Å²) in [7, 11) is 0. The summed E-state index contributed by atoms with van der Waals surface area (Å²) >= 11 is 0. The van der Waals surface area contributed by atoms with Crippen LogP contribution in [0.5, 0.6) is 0 Å². The zero-order valence-corrected chi connectivity index (χ0v) is 8.78. The number of likely N-dealkylation sites (tertiary alicyclic amines) is 1. The Morgan fingerprint density at radius 1 is 1.57 bits per heavy atom. The van der Waals surface area contributed by atoms with Crippen molar-refractivity contribution in [3.63, 3.8) is 0 Å². The SMILES string of the molecule is CC(C)(C)OC(=O)N1CC2CC1C#[N+]2. The lowest BCUT2D eigenvalue weighted by Gasteiger charge is -2.24. The van der Waals surface area contributed by atoms with E-state index < -0.39 is 5.60 Å². The van der Waals surface area contributed by atoms with Gasteiger partial charge in [-0.1, -0.05) is 4.85 Å². The Kier molecular flexibility index (Phi) is 1.91. The number of fused-ring (bicyclic) bond motifs is 2. The van der Waals surface area contributed by atoms with E-state index in [1.807, 2.05) is 20.8 Å². The number of ether oxygens (including phenoxy) is 1. The van der Waals surface area contributed by atoms with Crippen LogP contribution in [-0.2, 0) is 4.74 Å². The van der Waals surface area contributed by atoms with Gasteiger partial charge < -0.3 is 4.74 Å². The van der Waals surface area contributed by atoms with Gasteiger partial charge in [0, 0.05) is 0 Å². The van der Waals surface area contributed by atoms with Crippen LogP contribution in [0.4, 0.5) is 4.79 Å². The average molecular weight is 195 g/mol. The van der Waals surface area contributed by atoms with E-state index in [0.717, 1.165) is 6.42 Å². The highest BCUT2D eigenvalue weighted by molar-refractivity contribution is 5.70. The maximum atomic E-state index is 11.7. The quantitative estimate of drug-likeness (QED) is 0.589. The molecule has 2 aliphatic heterocycles. The molecule has 76 valence electrons. The number of nitrogens with zero attached hydrogens (tertiary/aromatic N) is 2. The molecule has 0 aliphatic carbocycles. The summed E-state index contributed by atoms with van der Waals surface area (Å²) in [6, 6.07) is 3.23. The standard InChI is InChI=1S/C10H15N2O2/c1-10(2,3)14-9(13)12-6-7-4-8(12)5-11-7/h7-8H,4,6H2,1-3H3/q+1. The van der Waals surface area contributed by atoms with E-state index in [2.05, 4.69) is 10.9 Å². The van der Waals surface area contributed by atoms with E-state index >= 15 is 0 Å². The summed E-state index contributed by atoms with van der Waals surface area (Å²) in [5.41, 5.74) is -0.421. The van der Waals surface area contributed by atoms with Crippen LogP contribution >= 0.6 is 0 Å². The van der Waals surface area contributed by atoms with Gasteiger partial charge in [-0.15, -0.1) is 0 Å². The minimum atomic E-state index is -0.421. The van der Waals surface area contributed by atoms with Gasteiger partial charge in [0.1, 0.15) is 12.1 Å². The zero-order chi connectivity index (χ0) is 10.3. The number of amides is 1. The van der Waals surface area contributed by atoms with Crippen molar-refractivity contribution in [1.82, 2.24) is 4.90 Å². The van der Waals surface area contributed by atoms with Crippen LogP contribution in [-0.4, -0.2) is 35.2 Å². The Labute approximate surface area is 83.6 Å². The Balaban J connectivity index is 1.98. The van der Waals surface area contributed by atoms with Gasteiger partial charge in [0.25, 0.3) is 12.1 Å². The molecule has 2 bridgehead atoms. The van der Waals surface area contributed by atoms with Gasteiger partial charge in [-0.25, -0.2) is 4.79 Å². The summed E-state index contributed by atoms with van der Waals surface area (Å²) in [4.78, 5) is 17.5. The molecule has 14 heavy (non-hydrogen) atoms. The average Bonchev–Trinajstić information content (AvgIpc) is 2.59. The molecule has 0 spiro atoms. The number of carbonyl (C=O) groups is 1. The fourth-order valence-electron chi connectivity index (χ4n) is 1.74. The Bertz CT molecular complexity index is 321. The fraction of sp³-hybridized carbons (Fsp3) is 0.800. The first-order chi connectivity index (χ1) is 6.46. The zero-order valence-electron chi connectivity index (χ0n) is 8.78. The molecule has 4 heteroatoms. The molecule has 2 heterocycles. The number of hydrogen-bond donors (Lipinski definition) is 0. The van der Waals surface area contributed by atoms with Crippen LogP contribution in [0.25, 0.3) is 4.85 Å². The minimum Gasteiger partial charge on any atom is -0.444 e. The van der Waals surface area contributed by atoms with E-state index in [-0.39, 0.29) is 18.2 Å². The van der Waals surface area contributed by atoms with Crippen LogP contribution in [0.1, 0.15) is 27.2 Å². The molecule has 2 unspecified atom stereocenters. The first-order valence-corrected chi connectivity index (χ1v) is 4.91. The topological polar surface area (TPSA) is 33.9 Å². The monoisotopic (exact) mass is 195 g/mol. The van der Waals surface area contributed by atoms with Gasteiger partial charge in [0.15, 0.2) is 6.04 Å². The molecule has 1 fully saturated rings. The molecule has 0 saturated carbocycles. The van der Waals surface area contributed by atoms with Crippen molar-refractivity contribution < 1.29 is 9.53 Å². The van der Waals surface area contributed by atoms with Gasteiger partial charge in [-0.05, 0) is 20.8 Å². The summed E-state index contributed by atoms with van der Waals surface area (Å²) in [5, 5.41) is 0. The minimum absolute atomic E-state index is 0.0508. The maximum Gasteiger partial charge on any atom is 0.411 e. The maximum absolute atomic E-state index is 11.7. The van der Waals surface area contributed by atoms with Crippen LogP contribution < -0.4 is 0 Å². The summed E-state index contributed by atoms with van der Waals surface area (Å²) < 4.78 is 5.28. The smallest absolute Gasteiger partial charge is 0.411 e. The Hall–Kier alpha value is -1.24. The molecule has 1 amide bonds. The first-order valence-electron chi connectivity index (χ1n) is 4.91. The van der Waals surface area contributed by atoms with Crippen molar-refractivity contribution in [3.8, 4) is 6.07 Å². The largest absolute Gasteiger partial charge is 0.444 e. The highest BCUT2D eigenvalue weighted by Gasteiger charge is 2.48. The molecule has 2 atom stereocenters. The molecule has 0 N–H and O–H groups in total. The van der Waals surface area contributed by atoms with Crippen molar-refractivity contribution >= 4 is 6.09 Å². The highest BCUT2D eigenvalue weighted by Crippen LogP contribution is 2.26. The molecule has 0 aromatic carbocycles. The molecular formula is C10H15N2O2+. The van der Waals surface area contributed by atoms with E-state index in [0.29, 0.717) is 6.54 Å². The molecule has 2 aliphatic rings. The van der Waals surface area contributed by atoms with E-state index in [1.54, 1.807) is 4.90 Å². The van der Waals surface area contributed by atoms with Crippen LogP contribution in [0, 0.1) is 6.07 Å². The lowest BCUT2D eigenvalue weighted by molar-refractivity contribution is 0.0257. The third-order valence-electron chi connectivity index (χ3n) is 2.31. The molecule has 0 radical (unpaired) electrons. The van der Waals surface area contributed by atoms with Crippen molar-refractivity contribution in [1.29, 1.82) is 0 Å². The van der Waals surface area contributed by atoms with Crippen molar-refractivity contribution in [2.75, 3.05) is 6.54 Å². The Morgan fingerprint density at radius 2 is 2.29 bits per heavy atom. The third-order valence-corrected chi connectivity index (χ3v) is 2.31. The van der Waals surface area contributed by atoms with Crippen molar-refractivity contribution in [3.05, 3.63) is 4.85 Å². The van der Waals surface area contributed by atoms with E-state index in [9.17, 15) is 4.79 Å². The van der Waals surface area contributed by atoms with Gasteiger partial charge >= 0.3 is 6.09 Å². The van der Waals surface area contributed by atoms with E-state index in [1.165, 1.54) is 0 Å². The molecule has 4 nitrogen and oxygen atoms in total. The fourth-order valence-corrected chi connectivity index (χ4v) is 1.74. The van der Waals surface area contributed by atoms with Crippen molar-refractivity contribution in [2.45, 2.75) is 44.9 Å². The summed E-state index contributed by atoms with van der Waals surface area (Å²) in [6.45, 7) is 6.30. The van der Waals surface area contributed by atoms with Gasteiger partial charge in [0.05, 0.1) is 6.42 Å². The highest BCUT2D eigenvalue weighted by atomic mass is 16.6. The Morgan fingerprint density at radius 3 is 2.71 bits per heavy atom. The molecule has 0 aromatic rings. The lowest BCUT2D eigenvalue weighted by atomic mass is 10.2. The third kappa shape index (κ3) is 1.67. The van der Waals surface area contributed by atoms with Gasteiger partial charge in [0.2, 0.25) is 0 Å². The van der Waals surface area contributed by atoms with Crippen molar-refractivity contribution in [2.24, 2.45) is 0 Å². The number of carbonyl (C=O) groups excluding carboxylic acids is 1. The second-order valence-electron chi connectivity index (χ2n) is 4.80. The summed E-state index contributed by atoms with van der Waals surface area (Å²) in [5.74, 6) is 0. The second-order valence-corrected chi connectivity index (χ2v) is 4.80. The normalized spacial score (nSPS) is 28.6. The van der Waals surface area contributed by atoms with Crippen LogP contribution in [0.15, 0.2) is 0 Å². The predicted octanol–water partition coefficient (Wildman–Crippen LogP) is 1.71. The molecule has 2 rings (SSSR count). The first kappa shape index (κ1) is 9.32. The number of hydrogen-bond acceptors (Lipinski definition) is 2. The molecule has 1 saturated heterocycles. The molecule has 0 aromatic heterocycles. The van der Waals surface area contributed by atoms with Gasteiger partial charge in [-0.2, -0.15) is 0 Å². The van der Waals surface area contributed by atoms with Crippen LogP contribution in [0.2, 0.25) is 0 Å².